The summed E-state index contributed by atoms with van der Waals surface area (Å²) >= 11 is 0. The van der Waals surface area contributed by atoms with E-state index in [4.69, 9.17) is 4.74 Å². The molecule has 2 aromatic rings. The van der Waals surface area contributed by atoms with Crippen molar-refractivity contribution in [3.63, 3.8) is 0 Å². The van der Waals surface area contributed by atoms with Crippen LogP contribution in [-0.2, 0) is 6.54 Å². The molecule has 17 heavy (non-hydrogen) atoms. The number of fused-ring (bicyclic) bond motifs is 1. The highest BCUT2D eigenvalue weighted by Gasteiger charge is 2.24. The number of imidazole rings is 1. The molecule has 0 bridgehead atoms. The molecular formula is C14H16N2O. The Hall–Kier alpha value is -1.77. The maximum atomic E-state index is 5.70. The van der Waals surface area contributed by atoms with Crippen molar-refractivity contribution in [1.29, 1.82) is 0 Å². The van der Waals surface area contributed by atoms with Gasteiger partial charge in [0.1, 0.15) is 5.75 Å². The van der Waals surface area contributed by atoms with Gasteiger partial charge in [0.25, 0.3) is 0 Å². The van der Waals surface area contributed by atoms with Crippen LogP contribution in [0.1, 0.15) is 22.9 Å². The quantitative estimate of drug-likeness (QED) is 0.790. The third-order valence-corrected chi connectivity index (χ3v) is 3.56. The van der Waals surface area contributed by atoms with E-state index < -0.39 is 0 Å². The van der Waals surface area contributed by atoms with Crippen molar-refractivity contribution < 1.29 is 4.74 Å². The molecule has 0 fully saturated rings. The van der Waals surface area contributed by atoms with Gasteiger partial charge in [-0.1, -0.05) is 18.2 Å². The van der Waals surface area contributed by atoms with Crippen LogP contribution in [0.2, 0.25) is 0 Å². The number of aryl methyl sites for hydroxylation is 1. The van der Waals surface area contributed by atoms with Gasteiger partial charge in [-0.15, -0.1) is 0 Å². The molecule has 3 nitrogen and oxygen atoms in total. The minimum absolute atomic E-state index is 0.443. The largest absolute Gasteiger partial charge is 0.493 e. The van der Waals surface area contributed by atoms with Crippen LogP contribution in [0, 0.1) is 13.8 Å². The van der Waals surface area contributed by atoms with Crippen LogP contribution in [0.3, 0.4) is 0 Å². The Bertz CT molecular complexity index is 545. The zero-order valence-electron chi connectivity index (χ0n) is 10.2. The number of rotatable bonds is 2. The smallest absolute Gasteiger partial charge is 0.122 e. The molecule has 1 aliphatic rings. The second kappa shape index (κ2) is 3.91. The standard InChI is InChI=1S/C14H16N2O/c1-10-11(2)16(9-15-10)7-12-8-17-14-6-4-3-5-13(12)14/h3-6,9,12H,7-8H2,1-2H3. The molecule has 2 heterocycles. The summed E-state index contributed by atoms with van der Waals surface area (Å²) < 4.78 is 7.91. The van der Waals surface area contributed by atoms with Gasteiger partial charge in [0.15, 0.2) is 0 Å². The van der Waals surface area contributed by atoms with Crippen LogP contribution in [0.5, 0.6) is 5.75 Å². The van der Waals surface area contributed by atoms with Gasteiger partial charge in [0, 0.05) is 23.7 Å². The monoisotopic (exact) mass is 228 g/mol. The highest BCUT2D eigenvalue weighted by atomic mass is 16.5. The molecule has 0 saturated carbocycles. The fourth-order valence-corrected chi connectivity index (χ4v) is 2.35. The van der Waals surface area contributed by atoms with Crippen LogP contribution in [0.15, 0.2) is 30.6 Å². The predicted octanol–water partition coefficient (Wildman–Crippen LogP) is 2.68. The van der Waals surface area contributed by atoms with E-state index in [-0.39, 0.29) is 0 Å². The fraction of sp³-hybridized carbons (Fsp3) is 0.357. The molecule has 1 aliphatic heterocycles. The van der Waals surface area contributed by atoms with Crippen LogP contribution < -0.4 is 4.74 Å². The summed E-state index contributed by atoms with van der Waals surface area (Å²) in [5, 5.41) is 0. The van der Waals surface area contributed by atoms with E-state index in [0.717, 1.165) is 24.6 Å². The number of ether oxygens (including phenoxy) is 1. The molecule has 0 saturated heterocycles. The summed E-state index contributed by atoms with van der Waals surface area (Å²) in [5.41, 5.74) is 3.67. The summed E-state index contributed by atoms with van der Waals surface area (Å²) in [4.78, 5) is 4.34. The molecule has 1 atom stereocenters. The lowest BCUT2D eigenvalue weighted by atomic mass is 10.0. The molecule has 88 valence electrons. The molecule has 1 aromatic heterocycles. The lowest BCUT2D eigenvalue weighted by Crippen LogP contribution is -2.11. The van der Waals surface area contributed by atoms with Crippen molar-refractivity contribution in [1.82, 2.24) is 9.55 Å². The van der Waals surface area contributed by atoms with E-state index >= 15 is 0 Å². The van der Waals surface area contributed by atoms with E-state index in [9.17, 15) is 0 Å². The van der Waals surface area contributed by atoms with Gasteiger partial charge in [-0.2, -0.15) is 0 Å². The molecule has 0 N–H and O–H groups in total. The van der Waals surface area contributed by atoms with Crippen molar-refractivity contribution in [2.24, 2.45) is 0 Å². The number of para-hydroxylation sites is 1. The van der Waals surface area contributed by atoms with Crippen molar-refractivity contribution in [3.05, 3.63) is 47.5 Å². The number of benzene rings is 1. The number of hydrogen-bond donors (Lipinski definition) is 0. The third kappa shape index (κ3) is 1.71. The van der Waals surface area contributed by atoms with Crippen molar-refractivity contribution in [2.45, 2.75) is 26.3 Å². The second-order valence-corrected chi connectivity index (χ2v) is 4.61. The predicted molar refractivity (Wildman–Crippen MR) is 66.4 cm³/mol. The van der Waals surface area contributed by atoms with Crippen molar-refractivity contribution in [2.75, 3.05) is 6.61 Å². The molecule has 0 amide bonds. The van der Waals surface area contributed by atoms with Crippen molar-refractivity contribution >= 4 is 0 Å². The van der Waals surface area contributed by atoms with Crippen LogP contribution in [-0.4, -0.2) is 16.2 Å². The fourth-order valence-electron chi connectivity index (χ4n) is 2.35. The summed E-state index contributed by atoms with van der Waals surface area (Å²) in [6.07, 6.45) is 1.92. The van der Waals surface area contributed by atoms with Crippen LogP contribution in [0.4, 0.5) is 0 Å². The highest BCUT2D eigenvalue weighted by molar-refractivity contribution is 5.39. The molecule has 1 unspecified atom stereocenters. The average molecular weight is 228 g/mol. The Kier molecular flexibility index (Phi) is 2.39. The first-order valence-electron chi connectivity index (χ1n) is 5.96. The minimum Gasteiger partial charge on any atom is -0.493 e. The molecule has 0 aliphatic carbocycles. The first kappa shape index (κ1) is 10.4. The minimum atomic E-state index is 0.443. The Morgan fingerprint density at radius 2 is 2.18 bits per heavy atom. The van der Waals surface area contributed by atoms with E-state index in [2.05, 4.69) is 28.6 Å². The first-order chi connectivity index (χ1) is 8.25. The van der Waals surface area contributed by atoms with Gasteiger partial charge < -0.3 is 9.30 Å². The van der Waals surface area contributed by atoms with Gasteiger partial charge >= 0.3 is 0 Å². The van der Waals surface area contributed by atoms with Crippen molar-refractivity contribution in [3.8, 4) is 5.75 Å². The molecule has 0 radical (unpaired) electrons. The first-order valence-corrected chi connectivity index (χ1v) is 5.96. The topological polar surface area (TPSA) is 27.1 Å². The van der Waals surface area contributed by atoms with Gasteiger partial charge in [-0.05, 0) is 19.9 Å². The van der Waals surface area contributed by atoms with Gasteiger partial charge in [0.05, 0.1) is 18.6 Å². The lowest BCUT2D eigenvalue weighted by molar-refractivity contribution is 0.318. The SMILES string of the molecule is Cc1ncn(CC2COc3ccccc32)c1C. The molecule has 3 rings (SSSR count). The normalized spacial score (nSPS) is 17.9. The van der Waals surface area contributed by atoms with E-state index in [1.807, 2.05) is 25.4 Å². The average Bonchev–Trinajstić information content (AvgIpc) is 2.89. The van der Waals surface area contributed by atoms with Crippen LogP contribution in [0.25, 0.3) is 0 Å². The van der Waals surface area contributed by atoms with Gasteiger partial charge in [0.2, 0.25) is 0 Å². The zero-order valence-corrected chi connectivity index (χ0v) is 10.2. The summed E-state index contributed by atoms with van der Waals surface area (Å²) in [6, 6.07) is 8.30. The molecule has 3 heteroatoms. The summed E-state index contributed by atoms with van der Waals surface area (Å²) in [7, 11) is 0. The molecule has 0 spiro atoms. The maximum absolute atomic E-state index is 5.70. The van der Waals surface area contributed by atoms with E-state index in [1.165, 1.54) is 11.3 Å². The molecule has 1 aromatic carbocycles. The second-order valence-electron chi connectivity index (χ2n) is 4.61. The Labute approximate surface area is 101 Å². The third-order valence-electron chi connectivity index (χ3n) is 3.56. The number of hydrogen-bond acceptors (Lipinski definition) is 2. The summed E-state index contributed by atoms with van der Waals surface area (Å²) in [6.45, 7) is 5.88. The van der Waals surface area contributed by atoms with E-state index in [1.54, 1.807) is 0 Å². The zero-order chi connectivity index (χ0) is 11.8. The maximum Gasteiger partial charge on any atom is 0.122 e. The van der Waals surface area contributed by atoms with Crippen LogP contribution >= 0.6 is 0 Å². The Morgan fingerprint density at radius 3 is 2.94 bits per heavy atom. The summed E-state index contributed by atoms with van der Waals surface area (Å²) in [5.74, 6) is 1.48. The lowest BCUT2D eigenvalue weighted by Gasteiger charge is -2.11. The van der Waals surface area contributed by atoms with Gasteiger partial charge in [-0.3, -0.25) is 0 Å². The van der Waals surface area contributed by atoms with E-state index in [0.29, 0.717) is 5.92 Å². The highest BCUT2D eigenvalue weighted by Crippen LogP contribution is 2.34. The molecular weight excluding hydrogens is 212 g/mol. The Morgan fingerprint density at radius 1 is 1.35 bits per heavy atom. The number of nitrogens with zero attached hydrogens (tertiary/aromatic N) is 2. The Balaban J connectivity index is 1.86. The van der Waals surface area contributed by atoms with Gasteiger partial charge in [-0.25, -0.2) is 4.98 Å². The number of aromatic nitrogens is 2.